The zero-order valence-corrected chi connectivity index (χ0v) is 12.1. The number of methoxy groups -OCH3 is 1. The van der Waals surface area contributed by atoms with E-state index < -0.39 is 5.41 Å². The topological polar surface area (TPSA) is 93.8 Å². The number of ether oxygens (including phenoxy) is 2. The Bertz CT molecular complexity index is 460. The fraction of sp³-hybridized carbons (Fsp3) is 0.500. The van der Waals surface area contributed by atoms with E-state index in [9.17, 15) is 4.79 Å². The number of carbonyl (C=O) groups is 1. The summed E-state index contributed by atoms with van der Waals surface area (Å²) in [6.45, 7) is 3.86. The van der Waals surface area contributed by atoms with Gasteiger partial charge in [-0.2, -0.15) is 0 Å². The molecule has 1 rings (SSSR count). The van der Waals surface area contributed by atoms with Gasteiger partial charge in [-0.1, -0.05) is 0 Å². The van der Waals surface area contributed by atoms with E-state index in [0.29, 0.717) is 17.2 Å². The highest BCUT2D eigenvalue weighted by Crippen LogP contribution is 2.30. The molecule has 0 aliphatic carbocycles. The van der Waals surface area contributed by atoms with Crippen molar-refractivity contribution < 1.29 is 19.4 Å². The summed E-state index contributed by atoms with van der Waals surface area (Å²) in [4.78, 5) is 12.0. The summed E-state index contributed by atoms with van der Waals surface area (Å²) in [7, 11) is 1.52. The molecule has 4 N–H and O–H groups in total. The largest absolute Gasteiger partial charge is 0.493 e. The van der Waals surface area contributed by atoms with Gasteiger partial charge in [0.15, 0.2) is 11.5 Å². The zero-order chi connectivity index (χ0) is 15.2. The Balaban J connectivity index is 2.89. The molecule has 1 aromatic rings. The summed E-state index contributed by atoms with van der Waals surface area (Å²) in [6.07, 6.45) is 0. The number of hydrogen-bond donors (Lipinski definition) is 3. The van der Waals surface area contributed by atoms with Crippen molar-refractivity contribution in [2.45, 2.75) is 13.8 Å². The Hall–Kier alpha value is -1.79. The predicted molar refractivity (Wildman–Crippen MR) is 77.0 cm³/mol. The summed E-state index contributed by atoms with van der Waals surface area (Å²) >= 11 is 0. The van der Waals surface area contributed by atoms with Crippen molar-refractivity contribution in [3.05, 3.63) is 18.2 Å². The molecule has 6 heteroatoms. The Kier molecular flexibility index (Phi) is 5.79. The van der Waals surface area contributed by atoms with Crippen LogP contribution < -0.4 is 20.5 Å². The molecule has 0 atom stereocenters. The number of rotatable bonds is 7. The molecular formula is C14H22N2O4. The number of nitrogens with one attached hydrogen (secondary N) is 1. The van der Waals surface area contributed by atoms with Crippen molar-refractivity contribution in [1.82, 2.24) is 0 Å². The average Bonchev–Trinajstić information content (AvgIpc) is 2.45. The van der Waals surface area contributed by atoms with Crippen LogP contribution in [0, 0.1) is 5.41 Å². The van der Waals surface area contributed by atoms with Crippen molar-refractivity contribution in [3.8, 4) is 11.5 Å². The highest BCUT2D eigenvalue weighted by atomic mass is 16.5. The van der Waals surface area contributed by atoms with E-state index in [4.69, 9.17) is 20.3 Å². The summed E-state index contributed by atoms with van der Waals surface area (Å²) < 4.78 is 10.5. The first-order valence-corrected chi connectivity index (χ1v) is 6.38. The van der Waals surface area contributed by atoms with E-state index in [-0.39, 0.29) is 25.7 Å². The van der Waals surface area contributed by atoms with Crippen LogP contribution >= 0.6 is 0 Å². The minimum atomic E-state index is -0.647. The highest BCUT2D eigenvalue weighted by molar-refractivity contribution is 5.95. The second-order valence-electron chi connectivity index (χ2n) is 4.98. The van der Waals surface area contributed by atoms with Gasteiger partial charge in [0.25, 0.3) is 0 Å². The van der Waals surface area contributed by atoms with Gasteiger partial charge in [-0.3, -0.25) is 4.79 Å². The Morgan fingerprint density at radius 1 is 1.40 bits per heavy atom. The molecule has 0 saturated heterocycles. The third kappa shape index (κ3) is 4.11. The summed E-state index contributed by atoms with van der Waals surface area (Å²) in [5.74, 6) is 0.831. The molecule has 0 aliphatic rings. The molecule has 0 unspecified atom stereocenters. The maximum Gasteiger partial charge on any atom is 0.231 e. The first kappa shape index (κ1) is 16.3. The molecule has 112 valence electrons. The molecule has 6 nitrogen and oxygen atoms in total. The van der Waals surface area contributed by atoms with Crippen LogP contribution in [-0.2, 0) is 4.79 Å². The predicted octanol–water partition coefficient (Wildman–Crippen LogP) is 0.990. The molecule has 0 heterocycles. The number of amides is 1. The smallest absolute Gasteiger partial charge is 0.231 e. The Labute approximate surface area is 118 Å². The van der Waals surface area contributed by atoms with Crippen molar-refractivity contribution in [3.63, 3.8) is 0 Å². The van der Waals surface area contributed by atoms with E-state index in [2.05, 4.69) is 5.32 Å². The Morgan fingerprint density at radius 3 is 2.65 bits per heavy atom. The number of aliphatic hydroxyl groups excluding tert-OH is 1. The molecule has 1 aromatic carbocycles. The fourth-order valence-electron chi connectivity index (χ4n) is 1.42. The first-order valence-electron chi connectivity index (χ1n) is 6.38. The molecule has 1 amide bonds. The van der Waals surface area contributed by atoms with Crippen molar-refractivity contribution in [2.75, 3.05) is 32.2 Å². The highest BCUT2D eigenvalue weighted by Gasteiger charge is 2.25. The normalized spacial score (nSPS) is 11.1. The van der Waals surface area contributed by atoms with Crippen LogP contribution in [0.3, 0.4) is 0 Å². The third-order valence-corrected chi connectivity index (χ3v) is 2.90. The van der Waals surface area contributed by atoms with Gasteiger partial charge in [0.2, 0.25) is 5.91 Å². The number of hydrogen-bond acceptors (Lipinski definition) is 5. The van der Waals surface area contributed by atoms with Crippen molar-refractivity contribution >= 4 is 11.6 Å². The lowest BCUT2D eigenvalue weighted by Crippen LogP contribution is -2.37. The van der Waals surface area contributed by atoms with Gasteiger partial charge < -0.3 is 25.6 Å². The first-order chi connectivity index (χ1) is 9.44. The average molecular weight is 282 g/mol. The molecule has 0 spiro atoms. The maximum atomic E-state index is 12.0. The fourth-order valence-corrected chi connectivity index (χ4v) is 1.42. The number of benzene rings is 1. The van der Waals surface area contributed by atoms with Crippen LogP contribution in [0.2, 0.25) is 0 Å². The monoisotopic (exact) mass is 282 g/mol. The van der Waals surface area contributed by atoms with E-state index in [0.717, 1.165) is 0 Å². The lowest BCUT2D eigenvalue weighted by atomic mass is 9.92. The molecule has 0 radical (unpaired) electrons. The second kappa shape index (κ2) is 7.12. The van der Waals surface area contributed by atoms with E-state index in [1.807, 2.05) is 0 Å². The van der Waals surface area contributed by atoms with Gasteiger partial charge >= 0.3 is 0 Å². The standard InChI is InChI=1S/C14H22N2O4/c1-14(2,9-15)13(18)16-10-4-5-11(19-3)12(8-10)20-7-6-17/h4-5,8,17H,6-7,9,15H2,1-3H3,(H,16,18). The number of anilines is 1. The summed E-state index contributed by atoms with van der Waals surface area (Å²) in [6, 6.07) is 5.06. The second-order valence-corrected chi connectivity index (χ2v) is 4.98. The SMILES string of the molecule is COc1ccc(NC(=O)C(C)(C)CN)cc1OCCO. The minimum absolute atomic E-state index is 0.0973. The Morgan fingerprint density at radius 2 is 2.10 bits per heavy atom. The van der Waals surface area contributed by atoms with E-state index in [1.165, 1.54) is 7.11 Å². The minimum Gasteiger partial charge on any atom is -0.493 e. The molecule has 20 heavy (non-hydrogen) atoms. The van der Waals surface area contributed by atoms with Crippen LogP contribution in [0.5, 0.6) is 11.5 Å². The van der Waals surface area contributed by atoms with Crippen LogP contribution in [-0.4, -0.2) is 37.9 Å². The summed E-state index contributed by atoms with van der Waals surface area (Å²) in [5.41, 5.74) is 5.51. The van der Waals surface area contributed by atoms with Gasteiger partial charge in [-0.15, -0.1) is 0 Å². The quantitative estimate of drug-likeness (QED) is 0.693. The maximum absolute atomic E-state index is 12.0. The number of nitrogens with two attached hydrogens (primary N) is 1. The van der Waals surface area contributed by atoms with Gasteiger partial charge in [0, 0.05) is 18.3 Å². The molecule has 0 bridgehead atoms. The van der Waals surface area contributed by atoms with Crippen molar-refractivity contribution in [1.29, 1.82) is 0 Å². The number of aliphatic hydroxyl groups is 1. The lowest BCUT2D eigenvalue weighted by molar-refractivity contribution is -0.123. The molecular weight excluding hydrogens is 260 g/mol. The molecule has 0 saturated carbocycles. The third-order valence-electron chi connectivity index (χ3n) is 2.90. The number of carbonyl (C=O) groups excluding carboxylic acids is 1. The van der Waals surface area contributed by atoms with Crippen LogP contribution in [0.15, 0.2) is 18.2 Å². The van der Waals surface area contributed by atoms with Crippen LogP contribution in [0.25, 0.3) is 0 Å². The van der Waals surface area contributed by atoms with Gasteiger partial charge in [-0.25, -0.2) is 0 Å². The van der Waals surface area contributed by atoms with Gasteiger partial charge in [0.05, 0.1) is 19.1 Å². The molecule has 0 fully saturated rings. The lowest BCUT2D eigenvalue weighted by Gasteiger charge is -2.21. The zero-order valence-electron chi connectivity index (χ0n) is 12.1. The molecule has 0 aromatic heterocycles. The van der Waals surface area contributed by atoms with E-state index >= 15 is 0 Å². The molecule has 0 aliphatic heterocycles. The van der Waals surface area contributed by atoms with Crippen LogP contribution in [0.4, 0.5) is 5.69 Å². The van der Waals surface area contributed by atoms with Crippen molar-refractivity contribution in [2.24, 2.45) is 11.1 Å². The van der Waals surface area contributed by atoms with Crippen LogP contribution in [0.1, 0.15) is 13.8 Å². The van der Waals surface area contributed by atoms with Gasteiger partial charge in [-0.05, 0) is 26.0 Å². The summed E-state index contributed by atoms with van der Waals surface area (Å²) in [5, 5.41) is 11.6. The van der Waals surface area contributed by atoms with E-state index in [1.54, 1.807) is 32.0 Å². The van der Waals surface area contributed by atoms with Gasteiger partial charge in [0.1, 0.15) is 6.61 Å².